The molecule has 0 radical (unpaired) electrons. The van der Waals surface area contributed by atoms with Crippen molar-refractivity contribution in [2.45, 2.75) is 13.5 Å². The first-order valence-corrected chi connectivity index (χ1v) is 9.06. The van der Waals surface area contributed by atoms with Crippen molar-refractivity contribution < 1.29 is 18.8 Å². The molecule has 0 N–H and O–H groups in total. The van der Waals surface area contributed by atoms with E-state index in [1.807, 2.05) is 31.2 Å². The molecule has 0 bridgehead atoms. The van der Waals surface area contributed by atoms with E-state index in [0.717, 1.165) is 16.9 Å². The minimum atomic E-state index is -0.171. The van der Waals surface area contributed by atoms with Crippen LogP contribution in [0.5, 0.6) is 11.5 Å². The van der Waals surface area contributed by atoms with Gasteiger partial charge in [0.05, 0.1) is 13.7 Å². The van der Waals surface area contributed by atoms with Gasteiger partial charge in [0, 0.05) is 18.2 Å². The minimum Gasteiger partial charge on any atom is -0.497 e. The Morgan fingerprint density at radius 1 is 1.17 bits per heavy atom. The Bertz CT molecular complexity index is 995. The number of amides is 1. The Labute approximate surface area is 169 Å². The summed E-state index contributed by atoms with van der Waals surface area (Å²) in [6.07, 6.45) is 0. The minimum absolute atomic E-state index is 0.171. The van der Waals surface area contributed by atoms with Crippen LogP contribution in [-0.2, 0) is 6.54 Å². The van der Waals surface area contributed by atoms with Crippen molar-refractivity contribution in [3.8, 4) is 22.9 Å². The van der Waals surface area contributed by atoms with Crippen LogP contribution in [0.25, 0.3) is 11.4 Å². The van der Waals surface area contributed by atoms with Crippen LogP contribution in [0.1, 0.15) is 23.2 Å². The molecule has 0 aliphatic carbocycles. The van der Waals surface area contributed by atoms with Gasteiger partial charge >= 0.3 is 0 Å². The molecule has 3 aromatic rings. The molecule has 3 rings (SSSR count). The molecule has 7 heteroatoms. The molecule has 29 heavy (non-hydrogen) atoms. The van der Waals surface area contributed by atoms with Gasteiger partial charge in [0.2, 0.25) is 11.7 Å². The number of methoxy groups -OCH3 is 1. The second-order valence-electron chi connectivity index (χ2n) is 6.68. The van der Waals surface area contributed by atoms with E-state index in [1.54, 1.807) is 38.4 Å². The third-order valence-electron chi connectivity index (χ3n) is 4.10. The molecule has 0 spiro atoms. The molecular weight excluding hydrogens is 370 g/mol. The highest BCUT2D eigenvalue weighted by Gasteiger charge is 2.17. The van der Waals surface area contributed by atoms with E-state index in [0.29, 0.717) is 29.6 Å². The van der Waals surface area contributed by atoms with E-state index >= 15 is 0 Å². The van der Waals surface area contributed by atoms with E-state index < -0.39 is 0 Å². The summed E-state index contributed by atoms with van der Waals surface area (Å²) in [4.78, 5) is 18.6. The number of benzene rings is 2. The maximum atomic E-state index is 12.7. The lowest BCUT2D eigenvalue weighted by molar-refractivity contribution is 0.0769. The number of rotatable bonds is 8. The van der Waals surface area contributed by atoms with E-state index in [2.05, 4.69) is 16.7 Å². The Balaban J connectivity index is 1.66. The molecule has 0 fully saturated rings. The lowest BCUT2D eigenvalue weighted by atomic mass is 10.2. The van der Waals surface area contributed by atoms with Gasteiger partial charge in [0.15, 0.2) is 0 Å². The second-order valence-corrected chi connectivity index (χ2v) is 6.68. The predicted molar refractivity (Wildman–Crippen MR) is 109 cm³/mol. The van der Waals surface area contributed by atoms with Gasteiger partial charge in [-0.05, 0) is 55.0 Å². The van der Waals surface area contributed by atoms with E-state index in [1.165, 1.54) is 4.90 Å². The van der Waals surface area contributed by atoms with Gasteiger partial charge in [-0.2, -0.15) is 4.98 Å². The Morgan fingerprint density at radius 3 is 2.62 bits per heavy atom. The van der Waals surface area contributed by atoms with Crippen LogP contribution in [0.4, 0.5) is 0 Å². The molecular formula is C22H23N3O4. The van der Waals surface area contributed by atoms with Gasteiger partial charge in [-0.15, -0.1) is 0 Å². The van der Waals surface area contributed by atoms with Crippen LogP contribution in [0.15, 0.2) is 65.2 Å². The Kier molecular flexibility index (Phi) is 6.29. The first-order chi connectivity index (χ1) is 14.0. The summed E-state index contributed by atoms with van der Waals surface area (Å²) in [5, 5.41) is 3.99. The van der Waals surface area contributed by atoms with Gasteiger partial charge in [0.25, 0.3) is 5.91 Å². The van der Waals surface area contributed by atoms with Crippen molar-refractivity contribution >= 4 is 5.91 Å². The number of carbonyl (C=O) groups is 1. The summed E-state index contributed by atoms with van der Waals surface area (Å²) in [5.74, 6) is 2.00. The maximum absolute atomic E-state index is 12.7. The van der Waals surface area contributed by atoms with Gasteiger partial charge in [-0.3, -0.25) is 4.79 Å². The predicted octanol–water partition coefficient (Wildman–Crippen LogP) is 3.97. The zero-order valence-corrected chi connectivity index (χ0v) is 16.7. The summed E-state index contributed by atoms with van der Waals surface area (Å²) in [6, 6.07) is 14.4. The third-order valence-corrected chi connectivity index (χ3v) is 4.10. The molecule has 1 heterocycles. The molecule has 2 aromatic carbocycles. The Hall–Kier alpha value is -3.61. The number of nitrogens with zero attached hydrogens (tertiary/aromatic N) is 3. The van der Waals surface area contributed by atoms with Crippen LogP contribution >= 0.6 is 0 Å². The fourth-order valence-corrected chi connectivity index (χ4v) is 2.60. The normalized spacial score (nSPS) is 10.4. The standard InChI is InChI=1S/C22H23N3O4/c1-15(2)14-28-19-7-5-6-17(12-19)22(26)25(3)13-20-23-21(24-29-20)16-8-10-18(27-4)11-9-16/h5-12H,1,13-14H2,2-4H3. The highest BCUT2D eigenvalue weighted by atomic mass is 16.5. The van der Waals surface area contributed by atoms with Crippen LogP contribution in [0.2, 0.25) is 0 Å². The van der Waals surface area contributed by atoms with E-state index in [9.17, 15) is 4.79 Å². The lowest BCUT2D eigenvalue weighted by Crippen LogP contribution is -2.26. The zero-order valence-electron chi connectivity index (χ0n) is 16.7. The van der Waals surface area contributed by atoms with Gasteiger partial charge in [0.1, 0.15) is 18.1 Å². The van der Waals surface area contributed by atoms with Crippen molar-refractivity contribution in [2.24, 2.45) is 0 Å². The van der Waals surface area contributed by atoms with Gasteiger partial charge in [-0.1, -0.05) is 17.8 Å². The summed E-state index contributed by atoms with van der Waals surface area (Å²) in [7, 11) is 3.29. The molecule has 150 valence electrons. The third kappa shape index (κ3) is 5.22. The molecule has 0 saturated heterocycles. The van der Waals surface area contributed by atoms with Crippen molar-refractivity contribution in [1.29, 1.82) is 0 Å². The number of ether oxygens (including phenoxy) is 2. The highest BCUT2D eigenvalue weighted by molar-refractivity contribution is 5.94. The number of carbonyl (C=O) groups excluding carboxylic acids is 1. The summed E-state index contributed by atoms with van der Waals surface area (Å²) >= 11 is 0. The molecule has 7 nitrogen and oxygen atoms in total. The van der Waals surface area contributed by atoms with Crippen molar-refractivity contribution in [1.82, 2.24) is 15.0 Å². The Morgan fingerprint density at radius 2 is 1.93 bits per heavy atom. The monoisotopic (exact) mass is 393 g/mol. The lowest BCUT2D eigenvalue weighted by Gasteiger charge is -2.15. The van der Waals surface area contributed by atoms with Crippen molar-refractivity contribution in [3.63, 3.8) is 0 Å². The van der Waals surface area contributed by atoms with Gasteiger partial charge in [-0.25, -0.2) is 0 Å². The summed E-state index contributed by atoms with van der Waals surface area (Å²) < 4.78 is 16.1. The van der Waals surface area contributed by atoms with Crippen molar-refractivity contribution in [3.05, 3.63) is 72.1 Å². The van der Waals surface area contributed by atoms with Crippen LogP contribution in [0.3, 0.4) is 0 Å². The number of hydrogen-bond donors (Lipinski definition) is 0. The average Bonchev–Trinajstić information content (AvgIpc) is 3.20. The SMILES string of the molecule is C=C(C)COc1cccc(C(=O)N(C)Cc2nc(-c3ccc(OC)cc3)no2)c1. The fourth-order valence-electron chi connectivity index (χ4n) is 2.60. The molecule has 0 unspecified atom stereocenters. The van der Waals surface area contributed by atoms with Crippen LogP contribution in [-0.4, -0.2) is 41.7 Å². The zero-order chi connectivity index (χ0) is 20.8. The van der Waals surface area contributed by atoms with Gasteiger partial charge < -0.3 is 18.9 Å². The van der Waals surface area contributed by atoms with E-state index in [-0.39, 0.29) is 12.5 Å². The first-order valence-electron chi connectivity index (χ1n) is 9.06. The number of aromatic nitrogens is 2. The average molecular weight is 393 g/mol. The molecule has 1 aromatic heterocycles. The second kappa shape index (κ2) is 9.05. The largest absolute Gasteiger partial charge is 0.497 e. The fraction of sp³-hybridized carbons (Fsp3) is 0.227. The molecule has 1 amide bonds. The number of hydrogen-bond acceptors (Lipinski definition) is 6. The molecule has 0 aliphatic rings. The van der Waals surface area contributed by atoms with E-state index in [4.69, 9.17) is 14.0 Å². The topological polar surface area (TPSA) is 77.7 Å². The van der Waals surface area contributed by atoms with Crippen LogP contribution in [0, 0.1) is 0 Å². The molecule has 0 saturated carbocycles. The maximum Gasteiger partial charge on any atom is 0.254 e. The van der Waals surface area contributed by atoms with Crippen molar-refractivity contribution in [2.75, 3.05) is 20.8 Å². The smallest absolute Gasteiger partial charge is 0.254 e. The molecule has 0 atom stereocenters. The van der Waals surface area contributed by atoms with Crippen LogP contribution < -0.4 is 9.47 Å². The first kappa shape index (κ1) is 20.1. The quantitative estimate of drug-likeness (QED) is 0.539. The summed E-state index contributed by atoms with van der Waals surface area (Å²) in [6.45, 7) is 6.29. The summed E-state index contributed by atoms with van der Waals surface area (Å²) in [5.41, 5.74) is 2.22. The highest BCUT2D eigenvalue weighted by Crippen LogP contribution is 2.20. The molecule has 0 aliphatic heterocycles.